The van der Waals surface area contributed by atoms with Gasteiger partial charge in [-0.2, -0.15) is 0 Å². The van der Waals surface area contributed by atoms with Crippen molar-refractivity contribution in [1.82, 2.24) is 10.2 Å². The Kier molecular flexibility index (Phi) is 9.49. The third-order valence-electron chi connectivity index (χ3n) is 5.43. The summed E-state index contributed by atoms with van der Waals surface area (Å²) in [6, 6.07) is 12.0. The number of rotatable bonds is 11. The number of hydrogen-bond donors (Lipinski definition) is 1. The smallest absolute Gasteiger partial charge is 0.244 e. The molecule has 0 bridgehead atoms. The number of ether oxygens (including phenoxy) is 1. The molecule has 0 aliphatic heterocycles. The standard InChI is InChI=1S/C25H35N3O5S/c1-7-13-26-25(30)20(4)27(16-21-10-8-9-18(2)14-21)24(29)17-28(34(6,31)32)22-15-19(3)11-12-23(22)33-5/h8-12,14-15,20H,7,13,16-17H2,1-6H3,(H,26,30)/t20-/m1/s1. The van der Waals surface area contributed by atoms with Crippen molar-refractivity contribution >= 4 is 27.5 Å². The molecule has 0 aliphatic carbocycles. The lowest BCUT2D eigenvalue weighted by molar-refractivity contribution is -0.139. The molecule has 0 heterocycles. The van der Waals surface area contributed by atoms with E-state index < -0.39 is 28.5 Å². The van der Waals surface area contributed by atoms with Crippen molar-refractivity contribution in [3.8, 4) is 5.75 Å². The Morgan fingerprint density at radius 1 is 1.09 bits per heavy atom. The Bertz CT molecular complexity index is 1120. The second-order valence-corrected chi connectivity index (χ2v) is 10.3. The average Bonchev–Trinajstić information content (AvgIpc) is 2.78. The number of aryl methyl sites for hydroxylation is 2. The zero-order valence-corrected chi connectivity index (χ0v) is 21.6. The quantitative estimate of drug-likeness (QED) is 0.523. The summed E-state index contributed by atoms with van der Waals surface area (Å²) in [5.74, 6) is -0.445. The lowest BCUT2D eigenvalue weighted by Crippen LogP contribution is -2.51. The minimum atomic E-state index is -3.83. The summed E-state index contributed by atoms with van der Waals surface area (Å²) in [5, 5.41) is 2.82. The number of nitrogens with one attached hydrogen (secondary N) is 1. The summed E-state index contributed by atoms with van der Waals surface area (Å²) in [6.07, 6.45) is 1.81. The fourth-order valence-corrected chi connectivity index (χ4v) is 4.42. The molecule has 0 spiro atoms. The second kappa shape index (κ2) is 11.9. The first-order chi connectivity index (χ1) is 16.0. The average molecular weight is 490 g/mol. The fraction of sp³-hybridized carbons (Fsp3) is 0.440. The highest BCUT2D eigenvalue weighted by molar-refractivity contribution is 7.92. The van der Waals surface area contributed by atoms with E-state index in [-0.39, 0.29) is 18.1 Å². The highest BCUT2D eigenvalue weighted by Gasteiger charge is 2.31. The van der Waals surface area contributed by atoms with Crippen LogP contribution in [0.4, 0.5) is 5.69 Å². The van der Waals surface area contributed by atoms with Crippen molar-refractivity contribution in [2.75, 3.05) is 30.8 Å². The Morgan fingerprint density at radius 2 is 1.76 bits per heavy atom. The number of anilines is 1. The maximum atomic E-state index is 13.6. The van der Waals surface area contributed by atoms with Gasteiger partial charge in [0.1, 0.15) is 18.3 Å². The number of hydrogen-bond acceptors (Lipinski definition) is 5. The van der Waals surface area contributed by atoms with Gasteiger partial charge in [0.15, 0.2) is 0 Å². The van der Waals surface area contributed by atoms with E-state index in [2.05, 4.69) is 5.32 Å². The molecule has 34 heavy (non-hydrogen) atoms. The minimum absolute atomic E-state index is 0.170. The van der Waals surface area contributed by atoms with Crippen molar-refractivity contribution in [1.29, 1.82) is 0 Å². The van der Waals surface area contributed by atoms with Gasteiger partial charge < -0.3 is 15.0 Å². The van der Waals surface area contributed by atoms with Crippen LogP contribution in [0, 0.1) is 13.8 Å². The normalized spacial score (nSPS) is 12.1. The van der Waals surface area contributed by atoms with E-state index in [4.69, 9.17) is 4.74 Å². The zero-order chi connectivity index (χ0) is 25.5. The largest absolute Gasteiger partial charge is 0.495 e. The number of benzene rings is 2. The third-order valence-corrected chi connectivity index (χ3v) is 6.56. The molecule has 1 atom stereocenters. The van der Waals surface area contributed by atoms with Crippen LogP contribution in [0.5, 0.6) is 5.75 Å². The first-order valence-corrected chi connectivity index (χ1v) is 13.1. The number of methoxy groups -OCH3 is 1. The van der Waals surface area contributed by atoms with E-state index >= 15 is 0 Å². The van der Waals surface area contributed by atoms with Crippen LogP contribution in [-0.2, 0) is 26.2 Å². The number of sulfonamides is 1. The van der Waals surface area contributed by atoms with Crippen molar-refractivity contribution < 1.29 is 22.7 Å². The van der Waals surface area contributed by atoms with Gasteiger partial charge >= 0.3 is 0 Å². The maximum absolute atomic E-state index is 13.6. The van der Waals surface area contributed by atoms with Gasteiger partial charge in [-0.3, -0.25) is 13.9 Å². The molecule has 0 saturated carbocycles. The Balaban J connectivity index is 2.45. The van der Waals surface area contributed by atoms with Crippen LogP contribution in [0.25, 0.3) is 0 Å². The summed E-state index contributed by atoms with van der Waals surface area (Å²) < 4.78 is 31.9. The number of carbonyl (C=O) groups is 2. The van der Waals surface area contributed by atoms with Crippen LogP contribution in [0.15, 0.2) is 42.5 Å². The van der Waals surface area contributed by atoms with E-state index in [1.54, 1.807) is 25.1 Å². The molecule has 0 fully saturated rings. The van der Waals surface area contributed by atoms with Gasteiger partial charge in [0.25, 0.3) is 0 Å². The first-order valence-electron chi connectivity index (χ1n) is 11.2. The van der Waals surface area contributed by atoms with E-state index in [0.29, 0.717) is 12.3 Å². The van der Waals surface area contributed by atoms with Gasteiger partial charge in [-0.15, -0.1) is 0 Å². The molecule has 0 radical (unpaired) electrons. The maximum Gasteiger partial charge on any atom is 0.244 e. The number of nitrogens with zero attached hydrogens (tertiary/aromatic N) is 2. The van der Waals surface area contributed by atoms with E-state index in [9.17, 15) is 18.0 Å². The fourth-order valence-electron chi connectivity index (χ4n) is 3.58. The molecule has 0 aromatic heterocycles. The predicted octanol–water partition coefficient (Wildman–Crippen LogP) is 3.02. The number of carbonyl (C=O) groups excluding carboxylic acids is 2. The molecule has 2 aromatic carbocycles. The molecule has 0 unspecified atom stereocenters. The van der Waals surface area contributed by atoms with E-state index in [0.717, 1.165) is 33.7 Å². The molecule has 2 amide bonds. The third kappa shape index (κ3) is 7.21. The van der Waals surface area contributed by atoms with Gasteiger partial charge in [0, 0.05) is 13.1 Å². The SMILES string of the molecule is CCCNC(=O)[C@@H](C)N(Cc1cccc(C)c1)C(=O)CN(c1cc(C)ccc1OC)S(C)(=O)=O. The Labute approximate surface area is 202 Å². The molecular weight excluding hydrogens is 454 g/mol. The van der Waals surface area contributed by atoms with Crippen LogP contribution in [0.2, 0.25) is 0 Å². The molecule has 2 rings (SSSR count). The Morgan fingerprint density at radius 3 is 2.35 bits per heavy atom. The lowest BCUT2D eigenvalue weighted by atomic mass is 10.1. The van der Waals surface area contributed by atoms with E-state index in [1.165, 1.54) is 12.0 Å². The zero-order valence-electron chi connectivity index (χ0n) is 20.8. The number of amides is 2. The molecule has 0 aliphatic rings. The van der Waals surface area contributed by atoms with Gasteiger partial charge in [0.2, 0.25) is 21.8 Å². The van der Waals surface area contributed by atoms with Crippen molar-refractivity contribution in [3.05, 3.63) is 59.2 Å². The van der Waals surface area contributed by atoms with Crippen LogP contribution in [0.1, 0.15) is 37.0 Å². The van der Waals surface area contributed by atoms with Gasteiger partial charge in [0.05, 0.1) is 19.1 Å². The molecule has 2 aromatic rings. The van der Waals surface area contributed by atoms with Crippen LogP contribution < -0.4 is 14.4 Å². The van der Waals surface area contributed by atoms with Crippen molar-refractivity contribution in [2.24, 2.45) is 0 Å². The molecule has 9 heteroatoms. The van der Waals surface area contributed by atoms with Crippen LogP contribution in [-0.4, -0.2) is 57.6 Å². The predicted molar refractivity (Wildman–Crippen MR) is 134 cm³/mol. The summed E-state index contributed by atoms with van der Waals surface area (Å²) >= 11 is 0. The topological polar surface area (TPSA) is 96.0 Å². The highest BCUT2D eigenvalue weighted by Crippen LogP contribution is 2.31. The summed E-state index contributed by atoms with van der Waals surface area (Å²) in [4.78, 5) is 27.7. The molecular formula is C25H35N3O5S. The van der Waals surface area contributed by atoms with E-state index in [1.807, 2.05) is 45.0 Å². The minimum Gasteiger partial charge on any atom is -0.495 e. The summed E-state index contributed by atoms with van der Waals surface area (Å²) in [7, 11) is -2.39. The molecule has 8 nitrogen and oxygen atoms in total. The summed E-state index contributed by atoms with van der Waals surface area (Å²) in [6.45, 7) is 7.57. The van der Waals surface area contributed by atoms with Gasteiger partial charge in [-0.1, -0.05) is 42.8 Å². The Hall–Kier alpha value is -3.07. The monoisotopic (exact) mass is 489 g/mol. The molecule has 1 N–H and O–H groups in total. The summed E-state index contributed by atoms with van der Waals surface area (Å²) in [5.41, 5.74) is 2.97. The van der Waals surface area contributed by atoms with Crippen molar-refractivity contribution in [3.63, 3.8) is 0 Å². The van der Waals surface area contributed by atoms with Gasteiger partial charge in [-0.05, 0) is 50.5 Å². The van der Waals surface area contributed by atoms with Crippen LogP contribution in [0.3, 0.4) is 0 Å². The first kappa shape index (κ1) is 27.2. The molecule has 0 saturated heterocycles. The molecule has 186 valence electrons. The van der Waals surface area contributed by atoms with Gasteiger partial charge in [-0.25, -0.2) is 8.42 Å². The highest BCUT2D eigenvalue weighted by atomic mass is 32.2. The van der Waals surface area contributed by atoms with Crippen molar-refractivity contribution in [2.45, 2.75) is 46.7 Å². The van der Waals surface area contributed by atoms with Crippen LogP contribution >= 0.6 is 0 Å². The second-order valence-electron chi connectivity index (χ2n) is 8.42. The lowest BCUT2D eigenvalue weighted by Gasteiger charge is -2.32.